The van der Waals surface area contributed by atoms with Gasteiger partial charge in [0.15, 0.2) is 0 Å². The van der Waals surface area contributed by atoms with Crippen LogP contribution >= 0.6 is 11.3 Å². The first-order chi connectivity index (χ1) is 6.72. The summed E-state index contributed by atoms with van der Waals surface area (Å²) in [5, 5.41) is 6.43. The van der Waals surface area contributed by atoms with Crippen molar-refractivity contribution in [3.05, 3.63) is 39.6 Å². The predicted molar refractivity (Wildman–Crippen MR) is 60.8 cm³/mol. The fourth-order valence-electron chi connectivity index (χ4n) is 1.50. The topological polar surface area (TPSA) is 29.4 Å². The zero-order chi connectivity index (χ0) is 10.1. The molecule has 2 nitrogen and oxygen atoms in total. The highest BCUT2D eigenvalue weighted by Crippen LogP contribution is 2.28. The van der Waals surface area contributed by atoms with E-state index in [0.29, 0.717) is 0 Å². The Bertz CT molecular complexity index is 475. The van der Waals surface area contributed by atoms with Crippen molar-refractivity contribution >= 4 is 21.4 Å². The number of fused-ring (bicyclic) bond motifs is 1. The number of nitrogens with zero attached hydrogens (tertiary/aromatic N) is 1. The minimum Gasteiger partial charge on any atom is -0.150 e. The van der Waals surface area contributed by atoms with Gasteiger partial charge < -0.3 is 0 Å². The number of rotatable bonds is 2. The first-order valence-electron chi connectivity index (χ1n) is 4.52. The van der Waals surface area contributed by atoms with Crippen LogP contribution < -0.4 is 0 Å². The van der Waals surface area contributed by atoms with E-state index in [0.717, 1.165) is 5.56 Å². The van der Waals surface area contributed by atoms with Crippen LogP contribution in [0.5, 0.6) is 0 Å². The minimum atomic E-state index is -0.248. The maximum absolute atomic E-state index is 10.4. The molecule has 0 aliphatic carbocycles. The Kier molecular flexibility index (Phi) is 2.33. The number of nitroso groups, excluding NO2 is 1. The third-order valence-electron chi connectivity index (χ3n) is 2.43. The monoisotopic (exact) mass is 205 g/mol. The molecular weight excluding hydrogens is 194 g/mol. The lowest BCUT2D eigenvalue weighted by Gasteiger charge is -2.02. The lowest BCUT2D eigenvalue weighted by Crippen LogP contribution is -1.86. The summed E-state index contributed by atoms with van der Waals surface area (Å²) in [4.78, 5) is 10.4. The van der Waals surface area contributed by atoms with Crippen LogP contribution in [-0.4, -0.2) is 0 Å². The highest BCUT2D eigenvalue weighted by atomic mass is 32.1. The van der Waals surface area contributed by atoms with Gasteiger partial charge >= 0.3 is 0 Å². The van der Waals surface area contributed by atoms with Gasteiger partial charge in [-0.1, -0.05) is 17.3 Å². The van der Waals surface area contributed by atoms with E-state index >= 15 is 0 Å². The summed E-state index contributed by atoms with van der Waals surface area (Å²) in [7, 11) is 0. The second-order valence-corrected chi connectivity index (χ2v) is 4.37. The molecule has 2 aromatic rings. The van der Waals surface area contributed by atoms with Crippen molar-refractivity contribution in [1.82, 2.24) is 0 Å². The molecule has 0 aliphatic rings. The van der Waals surface area contributed by atoms with Gasteiger partial charge in [0.1, 0.15) is 6.04 Å². The summed E-state index contributed by atoms with van der Waals surface area (Å²) in [6, 6.07) is 5.85. The molecule has 3 heteroatoms. The van der Waals surface area contributed by atoms with E-state index in [-0.39, 0.29) is 6.04 Å². The molecule has 0 radical (unpaired) electrons. The smallest absolute Gasteiger partial charge is 0.114 e. The zero-order valence-corrected chi connectivity index (χ0v) is 8.97. The first kappa shape index (κ1) is 9.34. The van der Waals surface area contributed by atoms with Crippen LogP contribution in [0.1, 0.15) is 24.1 Å². The quantitative estimate of drug-likeness (QED) is 0.680. The van der Waals surface area contributed by atoms with Crippen molar-refractivity contribution in [3.63, 3.8) is 0 Å². The summed E-state index contributed by atoms with van der Waals surface area (Å²) >= 11 is 1.71. The van der Waals surface area contributed by atoms with Crippen LogP contribution in [0.4, 0.5) is 0 Å². The molecule has 0 N–H and O–H groups in total. The Morgan fingerprint density at radius 2 is 2.21 bits per heavy atom. The van der Waals surface area contributed by atoms with Gasteiger partial charge in [-0.15, -0.1) is 11.3 Å². The molecule has 14 heavy (non-hydrogen) atoms. The van der Waals surface area contributed by atoms with E-state index in [2.05, 4.69) is 29.6 Å². The minimum absolute atomic E-state index is 0.248. The molecular formula is C11H11NOS. The van der Waals surface area contributed by atoms with Crippen molar-refractivity contribution in [2.24, 2.45) is 5.18 Å². The van der Waals surface area contributed by atoms with E-state index in [4.69, 9.17) is 0 Å². The standard InChI is InChI=1S/C11H11NOS/c1-7-6-14-11-5-9(8(2)12-13)3-4-10(7)11/h3-6,8H,1-2H3. The molecule has 1 aromatic carbocycles. The summed E-state index contributed by atoms with van der Waals surface area (Å²) < 4.78 is 1.23. The number of aryl methyl sites for hydroxylation is 1. The third kappa shape index (κ3) is 1.44. The number of hydrogen-bond acceptors (Lipinski definition) is 3. The van der Waals surface area contributed by atoms with Crippen LogP contribution in [0, 0.1) is 11.8 Å². The molecule has 0 amide bonds. The van der Waals surface area contributed by atoms with Gasteiger partial charge in [0.2, 0.25) is 0 Å². The SMILES string of the molecule is Cc1csc2cc(C(C)N=O)ccc12. The van der Waals surface area contributed by atoms with Crippen molar-refractivity contribution in [1.29, 1.82) is 0 Å². The number of hydrogen-bond donors (Lipinski definition) is 0. The van der Waals surface area contributed by atoms with Crippen LogP contribution in [0.3, 0.4) is 0 Å². The number of thiophene rings is 1. The Morgan fingerprint density at radius 3 is 2.93 bits per heavy atom. The van der Waals surface area contributed by atoms with E-state index in [1.165, 1.54) is 15.6 Å². The van der Waals surface area contributed by atoms with Gasteiger partial charge in [-0.05, 0) is 41.8 Å². The molecule has 0 spiro atoms. The summed E-state index contributed by atoms with van der Waals surface area (Å²) in [6.45, 7) is 3.91. The van der Waals surface area contributed by atoms with Crippen LogP contribution in [0.15, 0.2) is 28.8 Å². The summed E-state index contributed by atoms with van der Waals surface area (Å²) in [6.07, 6.45) is 0. The largest absolute Gasteiger partial charge is 0.150 e. The van der Waals surface area contributed by atoms with E-state index in [1.54, 1.807) is 11.3 Å². The molecule has 1 unspecified atom stereocenters. The van der Waals surface area contributed by atoms with Gasteiger partial charge in [0.05, 0.1) is 0 Å². The Balaban J connectivity index is 2.57. The maximum Gasteiger partial charge on any atom is 0.114 e. The van der Waals surface area contributed by atoms with Crippen molar-refractivity contribution in [2.75, 3.05) is 0 Å². The summed E-state index contributed by atoms with van der Waals surface area (Å²) in [5.41, 5.74) is 2.29. The average Bonchev–Trinajstić information content (AvgIpc) is 2.59. The zero-order valence-electron chi connectivity index (χ0n) is 8.15. The van der Waals surface area contributed by atoms with Crippen LogP contribution in [0.25, 0.3) is 10.1 Å². The Labute approximate surface area is 86.5 Å². The first-order valence-corrected chi connectivity index (χ1v) is 5.40. The molecule has 2 rings (SSSR count). The fourth-order valence-corrected chi connectivity index (χ4v) is 2.49. The van der Waals surface area contributed by atoms with Gasteiger partial charge in [-0.2, -0.15) is 4.91 Å². The molecule has 72 valence electrons. The fraction of sp³-hybridized carbons (Fsp3) is 0.273. The predicted octanol–water partition coefficient (Wildman–Crippen LogP) is 4.04. The van der Waals surface area contributed by atoms with Crippen molar-refractivity contribution < 1.29 is 0 Å². The molecule has 1 heterocycles. The molecule has 0 aliphatic heterocycles. The average molecular weight is 205 g/mol. The molecule has 1 aromatic heterocycles. The van der Waals surface area contributed by atoms with Gasteiger partial charge in [0, 0.05) is 4.70 Å². The van der Waals surface area contributed by atoms with E-state index in [9.17, 15) is 4.91 Å². The van der Waals surface area contributed by atoms with Crippen LogP contribution in [-0.2, 0) is 0 Å². The second-order valence-electron chi connectivity index (χ2n) is 3.46. The normalized spacial score (nSPS) is 13.0. The molecule has 1 atom stereocenters. The highest BCUT2D eigenvalue weighted by molar-refractivity contribution is 7.17. The maximum atomic E-state index is 10.4. The third-order valence-corrected chi connectivity index (χ3v) is 3.50. The summed E-state index contributed by atoms with van der Waals surface area (Å²) in [5.74, 6) is 0. The van der Waals surface area contributed by atoms with E-state index in [1.807, 2.05) is 13.0 Å². The van der Waals surface area contributed by atoms with E-state index < -0.39 is 0 Å². The van der Waals surface area contributed by atoms with Gasteiger partial charge in [-0.3, -0.25) is 0 Å². The van der Waals surface area contributed by atoms with Crippen molar-refractivity contribution in [2.45, 2.75) is 19.9 Å². The van der Waals surface area contributed by atoms with Crippen molar-refractivity contribution in [3.8, 4) is 0 Å². The molecule has 0 bridgehead atoms. The second kappa shape index (κ2) is 3.50. The molecule has 0 saturated heterocycles. The Morgan fingerprint density at radius 1 is 1.43 bits per heavy atom. The van der Waals surface area contributed by atoms with Gasteiger partial charge in [-0.25, -0.2) is 0 Å². The molecule has 0 saturated carbocycles. The Hall–Kier alpha value is -1.22. The lowest BCUT2D eigenvalue weighted by atomic mass is 10.1. The van der Waals surface area contributed by atoms with Crippen LogP contribution in [0.2, 0.25) is 0 Å². The lowest BCUT2D eigenvalue weighted by molar-refractivity contribution is 0.813. The number of benzene rings is 1. The molecule has 0 fully saturated rings. The highest BCUT2D eigenvalue weighted by Gasteiger charge is 2.07. The van der Waals surface area contributed by atoms with Gasteiger partial charge in [0.25, 0.3) is 0 Å².